The van der Waals surface area contributed by atoms with Gasteiger partial charge in [0.05, 0.1) is 12.2 Å². The van der Waals surface area contributed by atoms with E-state index in [2.05, 4.69) is 6.07 Å². The Morgan fingerprint density at radius 2 is 2.25 bits per heavy atom. The number of carbonyl (C=O) groups excluding carboxylic acids is 1. The number of fused-ring (bicyclic) bond motifs is 1. The second kappa shape index (κ2) is 4.00. The number of rotatable bonds is 2. The number of hydrogen-bond donors (Lipinski definition) is 1. The van der Waals surface area contributed by atoms with Crippen molar-refractivity contribution in [3.8, 4) is 0 Å². The van der Waals surface area contributed by atoms with Gasteiger partial charge in [0.25, 0.3) is 0 Å². The van der Waals surface area contributed by atoms with Crippen LogP contribution in [0.3, 0.4) is 0 Å². The molecule has 1 aromatic carbocycles. The van der Waals surface area contributed by atoms with E-state index in [4.69, 9.17) is 10.5 Å². The average molecular weight is 217 g/mol. The molecule has 0 saturated carbocycles. The second-order valence-electron chi connectivity index (χ2n) is 3.96. The van der Waals surface area contributed by atoms with Crippen molar-refractivity contribution in [3.05, 3.63) is 40.6 Å². The van der Waals surface area contributed by atoms with Crippen molar-refractivity contribution in [3.63, 3.8) is 0 Å². The predicted molar refractivity (Wildman–Crippen MR) is 62.6 cm³/mol. The molecule has 1 aromatic rings. The zero-order chi connectivity index (χ0) is 11.7. The Kier molecular flexibility index (Phi) is 2.69. The van der Waals surface area contributed by atoms with Crippen LogP contribution in [0, 0.1) is 6.92 Å². The van der Waals surface area contributed by atoms with Crippen molar-refractivity contribution >= 4 is 11.5 Å². The first-order valence-corrected chi connectivity index (χ1v) is 5.39. The van der Waals surface area contributed by atoms with Crippen molar-refractivity contribution in [1.29, 1.82) is 0 Å². The zero-order valence-corrected chi connectivity index (χ0v) is 9.54. The Hall–Kier alpha value is -1.77. The number of esters is 1. The molecule has 2 N–H and O–H groups in total. The van der Waals surface area contributed by atoms with E-state index in [0.717, 1.165) is 11.1 Å². The summed E-state index contributed by atoms with van der Waals surface area (Å²) in [5, 5.41) is 0. The number of ether oxygens (including phenoxy) is 1. The lowest BCUT2D eigenvalue weighted by atomic mass is 10.0. The van der Waals surface area contributed by atoms with Crippen LogP contribution in [0.1, 0.15) is 23.6 Å². The summed E-state index contributed by atoms with van der Waals surface area (Å²) in [5.41, 5.74) is 10.2. The Balaban J connectivity index is 2.41. The maximum absolute atomic E-state index is 11.7. The summed E-state index contributed by atoms with van der Waals surface area (Å²) in [7, 11) is 0. The van der Waals surface area contributed by atoms with Gasteiger partial charge in [-0.2, -0.15) is 0 Å². The first-order valence-electron chi connectivity index (χ1n) is 5.39. The first-order chi connectivity index (χ1) is 7.63. The van der Waals surface area contributed by atoms with Gasteiger partial charge >= 0.3 is 5.97 Å². The molecule has 1 aliphatic rings. The minimum atomic E-state index is -0.317. The van der Waals surface area contributed by atoms with Gasteiger partial charge in [-0.25, -0.2) is 4.79 Å². The molecule has 0 atom stereocenters. The van der Waals surface area contributed by atoms with Crippen LogP contribution >= 0.6 is 0 Å². The number of benzene rings is 1. The largest absolute Gasteiger partial charge is 0.462 e. The highest BCUT2D eigenvalue weighted by atomic mass is 16.5. The molecule has 0 unspecified atom stereocenters. The van der Waals surface area contributed by atoms with Crippen LogP contribution in [0.25, 0.3) is 5.57 Å². The molecule has 16 heavy (non-hydrogen) atoms. The molecule has 1 aliphatic carbocycles. The highest BCUT2D eigenvalue weighted by Crippen LogP contribution is 2.31. The van der Waals surface area contributed by atoms with Gasteiger partial charge in [0.15, 0.2) is 0 Å². The Labute approximate surface area is 94.9 Å². The highest BCUT2D eigenvalue weighted by molar-refractivity contribution is 6.19. The van der Waals surface area contributed by atoms with E-state index in [9.17, 15) is 4.79 Å². The number of nitrogens with two attached hydrogens (primary N) is 1. The lowest BCUT2D eigenvalue weighted by molar-refractivity contribution is -0.136. The van der Waals surface area contributed by atoms with Crippen LogP contribution in [0.15, 0.2) is 23.9 Å². The van der Waals surface area contributed by atoms with E-state index in [0.29, 0.717) is 24.3 Å². The van der Waals surface area contributed by atoms with Crippen molar-refractivity contribution in [2.24, 2.45) is 5.73 Å². The number of hydrogen-bond acceptors (Lipinski definition) is 3. The van der Waals surface area contributed by atoms with Gasteiger partial charge in [0.1, 0.15) is 0 Å². The van der Waals surface area contributed by atoms with Gasteiger partial charge < -0.3 is 10.5 Å². The molecule has 0 radical (unpaired) electrons. The molecule has 2 rings (SSSR count). The van der Waals surface area contributed by atoms with Crippen LogP contribution in [-0.2, 0) is 16.0 Å². The maximum atomic E-state index is 11.7. The van der Waals surface area contributed by atoms with Crippen molar-refractivity contribution < 1.29 is 9.53 Å². The molecular weight excluding hydrogens is 202 g/mol. The molecule has 0 bridgehead atoms. The van der Waals surface area contributed by atoms with E-state index >= 15 is 0 Å². The lowest BCUT2D eigenvalue weighted by Gasteiger charge is -2.06. The molecule has 0 amide bonds. The molecule has 3 nitrogen and oxygen atoms in total. The number of aryl methyl sites for hydroxylation is 1. The SMILES string of the molecule is CCOC(=O)C1=C(N)Cc2cc(C)ccc21. The minimum absolute atomic E-state index is 0.317. The third kappa shape index (κ3) is 1.69. The topological polar surface area (TPSA) is 52.3 Å². The summed E-state index contributed by atoms with van der Waals surface area (Å²) in [5.74, 6) is -0.317. The van der Waals surface area contributed by atoms with Crippen LogP contribution in [-0.4, -0.2) is 12.6 Å². The standard InChI is InChI=1S/C13H15NO2/c1-3-16-13(15)12-10-5-4-8(2)6-9(10)7-11(12)14/h4-6H,3,7,14H2,1-2H3. The molecule has 3 heteroatoms. The first kappa shape index (κ1) is 10.7. The summed E-state index contributed by atoms with van der Waals surface area (Å²) in [4.78, 5) is 11.7. The monoisotopic (exact) mass is 217 g/mol. The average Bonchev–Trinajstić information content (AvgIpc) is 2.53. The molecule has 84 valence electrons. The van der Waals surface area contributed by atoms with Crippen LogP contribution in [0.2, 0.25) is 0 Å². The smallest absolute Gasteiger partial charge is 0.340 e. The minimum Gasteiger partial charge on any atom is -0.462 e. The van der Waals surface area contributed by atoms with Gasteiger partial charge in [-0.05, 0) is 25.0 Å². The molecule has 0 heterocycles. The molecule has 0 fully saturated rings. The highest BCUT2D eigenvalue weighted by Gasteiger charge is 2.25. The van der Waals surface area contributed by atoms with E-state index < -0.39 is 0 Å². The lowest BCUT2D eigenvalue weighted by Crippen LogP contribution is -2.10. The Morgan fingerprint density at radius 3 is 2.94 bits per heavy atom. The van der Waals surface area contributed by atoms with Gasteiger partial charge in [-0.3, -0.25) is 0 Å². The second-order valence-corrected chi connectivity index (χ2v) is 3.96. The summed E-state index contributed by atoms with van der Waals surface area (Å²) in [6.07, 6.45) is 0.644. The quantitative estimate of drug-likeness (QED) is 0.768. The fourth-order valence-corrected chi connectivity index (χ4v) is 2.02. The zero-order valence-electron chi connectivity index (χ0n) is 9.54. The van der Waals surface area contributed by atoms with Crippen LogP contribution < -0.4 is 5.73 Å². The molecular formula is C13H15NO2. The summed E-state index contributed by atoms with van der Waals surface area (Å²) < 4.78 is 5.01. The van der Waals surface area contributed by atoms with Crippen molar-refractivity contribution in [2.45, 2.75) is 20.3 Å². The predicted octanol–water partition coefficient (Wildman–Crippen LogP) is 1.78. The fourth-order valence-electron chi connectivity index (χ4n) is 2.02. The molecule has 0 saturated heterocycles. The van der Waals surface area contributed by atoms with Gasteiger partial charge in [-0.1, -0.05) is 23.8 Å². The Bertz CT molecular complexity index is 475. The molecule has 0 aromatic heterocycles. The van der Waals surface area contributed by atoms with E-state index in [1.165, 1.54) is 5.56 Å². The normalized spacial score (nSPS) is 13.9. The summed E-state index contributed by atoms with van der Waals surface area (Å²) in [6.45, 7) is 4.19. The number of allylic oxidation sites excluding steroid dienone is 1. The van der Waals surface area contributed by atoms with Crippen molar-refractivity contribution in [1.82, 2.24) is 0 Å². The van der Waals surface area contributed by atoms with E-state index in [-0.39, 0.29) is 5.97 Å². The third-order valence-corrected chi connectivity index (χ3v) is 2.71. The van der Waals surface area contributed by atoms with Gasteiger partial charge in [0, 0.05) is 12.1 Å². The Morgan fingerprint density at radius 1 is 1.50 bits per heavy atom. The van der Waals surface area contributed by atoms with Crippen LogP contribution in [0.5, 0.6) is 0 Å². The number of carbonyl (C=O) groups is 1. The summed E-state index contributed by atoms with van der Waals surface area (Å²) in [6, 6.07) is 5.99. The maximum Gasteiger partial charge on any atom is 0.340 e. The fraction of sp³-hybridized carbons (Fsp3) is 0.308. The van der Waals surface area contributed by atoms with E-state index in [1.807, 2.05) is 19.1 Å². The molecule has 0 aliphatic heterocycles. The van der Waals surface area contributed by atoms with Gasteiger partial charge in [-0.15, -0.1) is 0 Å². The molecule has 0 spiro atoms. The third-order valence-electron chi connectivity index (χ3n) is 2.71. The van der Waals surface area contributed by atoms with Crippen molar-refractivity contribution in [2.75, 3.05) is 6.61 Å². The van der Waals surface area contributed by atoms with E-state index in [1.54, 1.807) is 6.92 Å². The van der Waals surface area contributed by atoms with Crippen LogP contribution in [0.4, 0.5) is 0 Å². The van der Waals surface area contributed by atoms with Gasteiger partial charge in [0.2, 0.25) is 0 Å². The summed E-state index contributed by atoms with van der Waals surface area (Å²) >= 11 is 0.